The van der Waals surface area contributed by atoms with Crippen molar-refractivity contribution in [1.29, 1.82) is 0 Å². The monoisotopic (exact) mass is 772 g/mol. The Balaban J connectivity index is 0.000000298. The van der Waals surface area contributed by atoms with Gasteiger partial charge in [-0.25, -0.2) is 6.42 Å². The average molecular weight is 772 g/mol. The van der Waals surface area contributed by atoms with E-state index in [1.165, 1.54) is 30.5 Å². The van der Waals surface area contributed by atoms with Crippen molar-refractivity contribution in [3.05, 3.63) is 58.1 Å². The Morgan fingerprint density at radius 1 is 1.24 bits per heavy atom. The number of aliphatic imine (C=N–C) groups is 2. The Labute approximate surface area is 282 Å². The second-order valence-corrected chi connectivity index (χ2v) is 13.8. The van der Waals surface area contributed by atoms with Gasteiger partial charge in [0.2, 0.25) is 0 Å². The maximum Gasteiger partial charge on any atom is 3.00 e. The zero-order chi connectivity index (χ0) is 33.3. The van der Waals surface area contributed by atoms with Crippen molar-refractivity contribution < 1.29 is 31.7 Å². The van der Waals surface area contributed by atoms with E-state index in [1.807, 2.05) is 20.8 Å². The summed E-state index contributed by atoms with van der Waals surface area (Å²) >= 11 is 4.49. The number of ether oxygens (including phenoxy) is 1. The van der Waals surface area contributed by atoms with Crippen molar-refractivity contribution in [1.82, 2.24) is 0 Å². The van der Waals surface area contributed by atoms with Gasteiger partial charge in [0.25, 0.3) is 0 Å². The molecule has 0 amide bonds. The first-order chi connectivity index (χ1) is 21.7. The standard InChI is InChI=1S/C24H36N2OS.C12H16N.Ir/c1-15-8-10-19-18-6-5-7-20(22(18)27-23(19)26-15)21-11-9-16(13-25-21)17(14-28)12-24(2,3)4;1-10-7-8-12(13-9-10)11-5-3-2-4-6-11;/h7,9,17-19,21,23,28H,5-6,8,10-14H2,1-4H3;8-10H,2-5,7H2,1H3;/q-2;-1;+3/t17-,18?,19?,21+,23?;10-;/m00./s1/i1D3,12D2;;. The van der Waals surface area contributed by atoms with E-state index in [2.05, 4.69) is 60.4 Å². The Hall–Kier alpha value is -1.07. The van der Waals surface area contributed by atoms with Gasteiger partial charge in [-0.15, -0.1) is 31.5 Å². The summed E-state index contributed by atoms with van der Waals surface area (Å²) < 4.78 is 46.9. The fourth-order valence-electron chi connectivity index (χ4n) is 6.80. The van der Waals surface area contributed by atoms with Gasteiger partial charge in [-0.05, 0) is 79.8 Å². The Morgan fingerprint density at radius 3 is 2.74 bits per heavy atom. The van der Waals surface area contributed by atoms with Crippen LogP contribution in [0.4, 0.5) is 0 Å². The normalized spacial score (nSPS) is 33.7. The molecule has 6 rings (SSSR count). The molecule has 1 fully saturated rings. The van der Waals surface area contributed by atoms with Crippen LogP contribution in [0.5, 0.6) is 0 Å². The Morgan fingerprint density at radius 2 is 2.10 bits per heavy atom. The van der Waals surface area contributed by atoms with E-state index in [0.717, 1.165) is 55.4 Å². The third-order valence-corrected chi connectivity index (χ3v) is 9.30. The predicted octanol–water partition coefficient (Wildman–Crippen LogP) is 9.42. The van der Waals surface area contributed by atoms with Gasteiger partial charge in [-0.2, -0.15) is 23.8 Å². The van der Waals surface area contributed by atoms with Crippen LogP contribution in [-0.4, -0.2) is 36.5 Å². The van der Waals surface area contributed by atoms with Crippen molar-refractivity contribution >= 4 is 24.6 Å². The van der Waals surface area contributed by atoms with Crippen LogP contribution in [0.1, 0.15) is 112 Å². The topological polar surface area (TPSA) is 48.1 Å². The van der Waals surface area contributed by atoms with Gasteiger partial charge in [0.15, 0.2) is 6.23 Å². The number of allylic oxidation sites excluding steroid dienone is 4. The third-order valence-electron chi connectivity index (χ3n) is 8.94. The number of thiol groups is 1. The number of hydrogen-bond acceptors (Lipinski definition) is 4. The second kappa shape index (κ2) is 15.3. The molecule has 2 aliphatic carbocycles. The fraction of sp³-hybridized carbons (Fsp3) is 0.694. The van der Waals surface area contributed by atoms with E-state index in [-0.39, 0.29) is 49.6 Å². The second-order valence-electron chi connectivity index (χ2n) is 13.4. The van der Waals surface area contributed by atoms with E-state index < -0.39 is 24.9 Å². The van der Waals surface area contributed by atoms with Crippen LogP contribution in [0.25, 0.3) is 5.32 Å². The van der Waals surface area contributed by atoms with Crippen molar-refractivity contribution in [3.63, 3.8) is 0 Å². The molecule has 4 heterocycles. The maximum absolute atomic E-state index is 8.71. The first kappa shape index (κ1) is 27.3. The molecule has 42 heavy (non-hydrogen) atoms. The number of rotatable bonds is 5. The molecule has 0 spiro atoms. The van der Waals surface area contributed by atoms with Crippen LogP contribution in [0.15, 0.2) is 50.3 Å². The molecule has 0 saturated carbocycles. The quantitative estimate of drug-likeness (QED) is 0.169. The Kier molecular flexibility index (Phi) is 9.92. The molecule has 0 aromatic rings. The summed E-state index contributed by atoms with van der Waals surface area (Å²) in [6, 6.07) is -0.00107. The van der Waals surface area contributed by atoms with Crippen molar-refractivity contribution in [3.8, 4) is 0 Å². The molecule has 0 bridgehead atoms. The Bertz CT molecular complexity index is 1310. The summed E-state index contributed by atoms with van der Waals surface area (Å²) in [7, 11) is 0. The summed E-state index contributed by atoms with van der Waals surface area (Å²) in [6.45, 7) is 6.38. The van der Waals surface area contributed by atoms with E-state index in [9.17, 15) is 0 Å². The predicted molar refractivity (Wildman–Crippen MR) is 176 cm³/mol. The first-order valence-corrected chi connectivity index (χ1v) is 16.5. The van der Waals surface area contributed by atoms with Gasteiger partial charge in [-0.3, -0.25) is 11.1 Å². The van der Waals surface area contributed by atoms with Gasteiger partial charge in [0.05, 0.1) is 0 Å². The molecular formula is C36H52IrN3OS. The maximum atomic E-state index is 8.71. The molecule has 1 saturated heterocycles. The minimum atomic E-state index is -2.15. The van der Waals surface area contributed by atoms with Gasteiger partial charge < -0.3 is 15.0 Å². The van der Waals surface area contributed by atoms with Gasteiger partial charge >= 0.3 is 20.1 Å². The molecule has 232 valence electrons. The molecule has 6 aliphatic rings. The van der Waals surface area contributed by atoms with Crippen LogP contribution < -0.4 is 0 Å². The number of hydrogen-bond donors (Lipinski definition) is 1. The van der Waals surface area contributed by atoms with Crippen molar-refractivity contribution in [2.45, 2.75) is 117 Å². The summed E-state index contributed by atoms with van der Waals surface area (Å²) in [5, 5.41) is 4.97. The summed E-state index contributed by atoms with van der Waals surface area (Å²) in [6.07, 6.45) is 20.5. The first-order valence-electron chi connectivity index (χ1n) is 18.3. The average Bonchev–Trinajstić information content (AvgIpc) is 3.40. The van der Waals surface area contributed by atoms with Gasteiger partial charge in [-0.1, -0.05) is 70.7 Å². The number of nitrogens with zero attached hydrogens (tertiary/aromatic N) is 3. The zero-order valence-electron chi connectivity index (χ0n) is 30.8. The van der Waals surface area contributed by atoms with Crippen molar-refractivity contribution in [2.24, 2.45) is 39.1 Å². The molecule has 0 N–H and O–H groups in total. The van der Waals surface area contributed by atoms with E-state index in [1.54, 1.807) is 0 Å². The molecule has 3 unspecified atom stereocenters. The van der Waals surface area contributed by atoms with Crippen molar-refractivity contribution in [2.75, 3.05) is 12.3 Å². The molecule has 4 nitrogen and oxygen atoms in total. The molecular weight excluding hydrogens is 715 g/mol. The minimum Gasteiger partial charge on any atom is -0.654 e. The van der Waals surface area contributed by atoms with Gasteiger partial charge in [0, 0.05) is 18.5 Å². The summed E-state index contributed by atoms with van der Waals surface area (Å²) in [5.74, 6) is 2.30. The minimum absolute atomic E-state index is 0. The van der Waals surface area contributed by atoms with Gasteiger partial charge in [0.1, 0.15) is 0 Å². The summed E-state index contributed by atoms with van der Waals surface area (Å²) in [4.78, 5) is 8.98. The molecule has 0 radical (unpaired) electrons. The van der Waals surface area contributed by atoms with E-state index in [4.69, 9.17) is 16.9 Å². The number of fused-ring (bicyclic) bond motifs is 3. The molecule has 6 atom stereocenters. The van der Waals surface area contributed by atoms with Crippen LogP contribution in [0, 0.1) is 41.6 Å². The van der Waals surface area contributed by atoms with Crippen LogP contribution >= 0.6 is 12.6 Å². The van der Waals surface area contributed by atoms with E-state index >= 15 is 0 Å². The largest absolute Gasteiger partial charge is 3.00 e. The molecule has 0 aromatic carbocycles. The molecule has 4 aliphatic heterocycles. The molecule has 0 aromatic heterocycles. The SMILES string of the molecule is C[C@@H]1C=NC(C2=[C-]CCCC2)=CC1.[2H]C([2H])([2H])C1=NC2OC3=C([C@H]4CC=C([C@H](CS)C([2H])([2H])C(C)(C)C)C[N-]4)[CH-]CCC3C2CC1.[Ir+3]. The molecule has 6 heteroatoms. The summed E-state index contributed by atoms with van der Waals surface area (Å²) in [5.41, 5.74) is 4.51. The van der Waals surface area contributed by atoms with Crippen LogP contribution in [0.3, 0.4) is 0 Å². The fourth-order valence-corrected chi connectivity index (χ4v) is 7.12. The van der Waals surface area contributed by atoms with E-state index in [0.29, 0.717) is 24.6 Å². The smallest absolute Gasteiger partial charge is 0.654 e. The third kappa shape index (κ3) is 8.55. The van der Waals surface area contributed by atoms with Crippen LogP contribution in [0.2, 0.25) is 0 Å². The van der Waals surface area contributed by atoms with Crippen LogP contribution in [-0.2, 0) is 24.8 Å². The zero-order valence-corrected chi connectivity index (χ0v) is 29.1.